The summed E-state index contributed by atoms with van der Waals surface area (Å²) in [6, 6.07) is 12.6. The molecule has 2 rings (SSSR count). The average Bonchev–Trinajstić information content (AvgIpc) is 2.37. The van der Waals surface area contributed by atoms with Gasteiger partial charge in [-0.15, -0.1) is 0 Å². The second kappa shape index (κ2) is 5.45. The molecule has 0 spiro atoms. The van der Waals surface area contributed by atoms with Gasteiger partial charge in [0.2, 0.25) is 0 Å². The Balaban J connectivity index is 2.46. The molecule has 1 N–H and O–H groups in total. The van der Waals surface area contributed by atoms with Gasteiger partial charge >= 0.3 is 0 Å². The molecule has 0 fully saturated rings. The molecule has 0 amide bonds. The lowest BCUT2D eigenvalue weighted by atomic mass is 10.1. The van der Waals surface area contributed by atoms with Gasteiger partial charge in [0.25, 0.3) is 0 Å². The molecular weight excluding hydrogens is 234 g/mol. The Morgan fingerprint density at radius 2 is 1.47 bits per heavy atom. The van der Waals surface area contributed by atoms with E-state index >= 15 is 0 Å². The minimum atomic E-state index is 0.0618. The number of aliphatic hydroxyl groups is 1. The van der Waals surface area contributed by atoms with E-state index in [2.05, 4.69) is 49.1 Å². The van der Waals surface area contributed by atoms with Crippen LogP contribution in [0.4, 0.5) is 11.4 Å². The van der Waals surface area contributed by atoms with Crippen LogP contribution in [-0.4, -0.2) is 12.2 Å². The SMILES string of the molecule is Cc1ccc(N(C)c2ccc(C)cc2CO)c(C)c1. The fourth-order valence-electron chi connectivity index (χ4n) is 2.48. The lowest BCUT2D eigenvalue weighted by Crippen LogP contribution is -2.13. The molecule has 0 atom stereocenters. The quantitative estimate of drug-likeness (QED) is 0.900. The van der Waals surface area contributed by atoms with Crippen molar-refractivity contribution < 1.29 is 5.11 Å². The van der Waals surface area contributed by atoms with Gasteiger partial charge in [-0.25, -0.2) is 0 Å². The molecule has 0 saturated carbocycles. The van der Waals surface area contributed by atoms with Crippen LogP contribution in [-0.2, 0) is 6.61 Å². The Morgan fingerprint density at radius 1 is 0.895 bits per heavy atom. The van der Waals surface area contributed by atoms with Crippen molar-refractivity contribution in [3.05, 3.63) is 58.7 Å². The van der Waals surface area contributed by atoms with Crippen LogP contribution in [0.5, 0.6) is 0 Å². The van der Waals surface area contributed by atoms with E-state index < -0.39 is 0 Å². The average molecular weight is 255 g/mol. The number of rotatable bonds is 3. The number of hydrogen-bond acceptors (Lipinski definition) is 2. The number of aryl methyl sites for hydroxylation is 3. The summed E-state index contributed by atoms with van der Waals surface area (Å²) in [7, 11) is 2.04. The maximum atomic E-state index is 9.53. The highest BCUT2D eigenvalue weighted by Gasteiger charge is 2.11. The largest absolute Gasteiger partial charge is 0.392 e. The van der Waals surface area contributed by atoms with Crippen molar-refractivity contribution in [1.82, 2.24) is 0 Å². The minimum absolute atomic E-state index is 0.0618. The van der Waals surface area contributed by atoms with Gasteiger partial charge in [0.05, 0.1) is 6.61 Å². The van der Waals surface area contributed by atoms with Gasteiger partial charge in [-0.05, 0) is 38.5 Å². The summed E-state index contributed by atoms with van der Waals surface area (Å²) >= 11 is 0. The third-order valence-corrected chi connectivity index (χ3v) is 3.48. The van der Waals surface area contributed by atoms with E-state index in [1.165, 1.54) is 22.4 Å². The van der Waals surface area contributed by atoms with E-state index in [1.54, 1.807) is 0 Å². The Morgan fingerprint density at radius 3 is 2.05 bits per heavy atom. The summed E-state index contributed by atoms with van der Waals surface area (Å²) in [6.45, 7) is 6.32. The molecule has 0 aliphatic rings. The lowest BCUT2D eigenvalue weighted by Gasteiger charge is -2.24. The summed E-state index contributed by atoms with van der Waals surface area (Å²) < 4.78 is 0. The predicted octanol–water partition coefficient (Wildman–Crippen LogP) is 3.87. The Hall–Kier alpha value is -1.80. The van der Waals surface area contributed by atoms with Crippen LogP contribution in [0.3, 0.4) is 0 Å². The number of aliphatic hydroxyl groups excluding tert-OH is 1. The van der Waals surface area contributed by atoms with Crippen LogP contribution in [0.25, 0.3) is 0 Å². The van der Waals surface area contributed by atoms with Gasteiger partial charge in [-0.2, -0.15) is 0 Å². The predicted molar refractivity (Wildman–Crippen MR) is 81.1 cm³/mol. The highest BCUT2D eigenvalue weighted by Crippen LogP contribution is 2.30. The third kappa shape index (κ3) is 2.79. The van der Waals surface area contributed by atoms with E-state index in [0.29, 0.717) is 0 Å². The number of benzene rings is 2. The van der Waals surface area contributed by atoms with E-state index in [0.717, 1.165) is 11.3 Å². The van der Waals surface area contributed by atoms with Crippen molar-refractivity contribution in [1.29, 1.82) is 0 Å². The van der Waals surface area contributed by atoms with E-state index in [4.69, 9.17) is 0 Å². The smallest absolute Gasteiger partial charge is 0.0702 e. The maximum absolute atomic E-state index is 9.53. The van der Waals surface area contributed by atoms with Crippen molar-refractivity contribution >= 4 is 11.4 Å². The molecule has 0 radical (unpaired) electrons. The van der Waals surface area contributed by atoms with Crippen LogP contribution in [0.2, 0.25) is 0 Å². The van der Waals surface area contributed by atoms with E-state index in [9.17, 15) is 5.11 Å². The summed E-state index contributed by atoms with van der Waals surface area (Å²) in [4.78, 5) is 2.14. The van der Waals surface area contributed by atoms with Gasteiger partial charge in [0.1, 0.15) is 0 Å². The lowest BCUT2D eigenvalue weighted by molar-refractivity contribution is 0.282. The first-order valence-electron chi connectivity index (χ1n) is 6.54. The van der Waals surface area contributed by atoms with Gasteiger partial charge in [0, 0.05) is 24.0 Å². The van der Waals surface area contributed by atoms with E-state index in [-0.39, 0.29) is 6.61 Å². The molecule has 0 saturated heterocycles. The minimum Gasteiger partial charge on any atom is -0.392 e. The zero-order valence-electron chi connectivity index (χ0n) is 12.1. The van der Waals surface area contributed by atoms with Crippen molar-refractivity contribution in [3.8, 4) is 0 Å². The summed E-state index contributed by atoms with van der Waals surface area (Å²) in [5.74, 6) is 0. The highest BCUT2D eigenvalue weighted by atomic mass is 16.3. The summed E-state index contributed by atoms with van der Waals surface area (Å²) in [5.41, 5.74) is 6.86. The zero-order chi connectivity index (χ0) is 14.0. The standard InChI is InChI=1S/C17H21NO/c1-12-5-7-16(14(3)9-12)18(4)17-8-6-13(2)10-15(17)11-19/h5-10,19H,11H2,1-4H3. The van der Waals surface area contributed by atoms with Gasteiger partial charge < -0.3 is 10.0 Å². The molecule has 2 aromatic carbocycles. The van der Waals surface area contributed by atoms with Gasteiger partial charge in [-0.3, -0.25) is 0 Å². The normalized spacial score (nSPS) is 10.6. The summed E-state index contributed by atoms with van der Waals surface area (Å²) in [5, 5.41) is 9.53. The molecule has 2 aromatic rings. The molecule has 19 heavy (non-hydrogen) atoms. The van der Waals surface area contributed by atoms with Crippen LogP contribution in [0.15, 0.2) is 36.4 Å². The molecule has 0 aliphatic carbocycles. The van der Waals surface area contributed by atoms with Crippen molar-refractivity contribution in [2.75, 3.05) is 11.9 Å². The first-order valence-corrected chi connectivity index (χ1v) is 6.54. The second-order valence-electron chi connectivity index (χ2n) is 5.14. The van der Waals surface area contributed by atoms with Crippen LogP contribution in [0, 0.1) is 20.8 Å². The van der Waals surface area contributed by atoms with Crippen molar-refractivity contribution in [2.45, 2.75) is 27.4 Å². The molecule has 0 heterocycles. The highest BCUT2D eigenvalue weighted by molar-refractivity contribution is 5.68. The fraction of sp³-hybridized carbons (Fsp3) is 0.294. The monoisotopic (exact) mass is 255 g/mol. The maximum Gasteiger partial charge on any atom is 0.0702 e. The molecule has 0 aliphatic heterocycles. The molecule has 100 valence electrons. The van der Waals surface area contributed by atoms with Crippen LogP contribution >= 0.6 is 0 Å². The molecular formula is C17H21NO. The Bertz CT molecular complexity index is 590. The molecule has 0 unspecified atom stereocenters. The van der Waals surface area contributed by atoms with Gasteiger partial charge in [0.15, 0.2) is 0 Å². The van der Waals surface area contributed by atoms with Crippen LogP contribution < -0.4 is 4.90 Å². The zero-order valence-corrected chi connectivity index (χ0v) is 12.1. The van der Waals surface area contributed by atoms with Crippen molar-refractivity contribution in [3.63, 3.8) is 0 Å². The number of hydrogen-bond donors (Lipinski definition) is 1. The number of nitrogens with zero attached hydrogens (tertiary/aromatic N) is 1. The third-order valence-electron chi connectivity index (χ3n) is 3.48. The molecule has 2 heteroatoms. The Labute approximate surface area is 115 Å². The summed E-state index contributed by atoms with van der Waals surface area (Å²) in [6.07, 6.45) is 0. The van der Waals surface area contributed by atoms with E-state index in [1.807, 2.05) is 20.0 Å². The van der Waals surface area contributed by atoms with Crippen LogP contribution in [0.1, 0.15) is 22.3 Å². The molecule has 0 bridgehead atoms. The van der Waals surface area contributed by atoms with Crippen molar-refractivity contribution in [2.24, 2.45) is 0 Å². The molecule has 0 aromatic heterocycles. The topological polar surface area (TPSA) is 23.5 Å². The first kappa shape index (κ1) is 13.6. The number of anilines is 2. The second-order valence-corrected chi connectivity index (χ2v) is 5.14. The molecule has 2 nitrogen and oxygen atoms in total. The Kier molecular flexibility index (Phi) is 3.91. The fourth-order valence-corrected chi connectivity index (χ4v) is 2.48. The van der Waals surface area contributed by atoms with Gasteiger partial charge in [-0.1, -0.05) is 35.4 Å². The first-order chi connectivity index (χ1) is 9.02.